The SMILES string of the molecule is COc1cc(N(C(=O)c2ccccc2)c2cccc(O)c2)ccc1C(=O)NCCCN(C)C. The molecule has 0 unspecified atom stereocenters. The summed E-state index contributed by atoms with van der Waals surface area (Å²) in [5, 5.41) is 12.9. The first-order chi connectivity index (χ1) is 15.9. The van der Waals surface area contributed by atoms with E-state index in [1.54, 1.807) is 60.7 Å². The summed E-state index contributed by atoms with van der Waals surface area (Å²) >= 11 is 0. The summed E-state index contributed by atoms with van der Waals surface area (Å²) in [6, 6.07) is 20.3. The number of hydrogen-bond donors (Lipinski definition) is 2. The van der Waals surface area contributed by atoms with Crippen LogP contribution in [0.1, 0.15) is 27.1 Å². The van der Waals surface area contributed by atoms with Crippen LogP contribution in [-0.2, 0) is 0 Å². The summed E-state index contributed by atoms with van der Waals surface area (Å²) in [4.78, 5) is 29.7. The van der Waals surface area contributed by atoms with Crippen molar-refractivity contribution >= 4 is 23.2 Å². The molecule has 0 aliphatic carbocycles. The number of nitrogens with one attached hydrogen (secondary N) is 1. The van der Waals surface area contributed by atoms with E-state index in [0.29, 0.717) is 34.8 Å². The monoisotopic (exact) mass is 447 g/mol. The number of carbonyl (C=O) groups is 2. The minimum Gasteiger partial charge on any atom is -0.508 e. The highest BCUT2D eigenvalue weighted by Gasteiger charge is 2.22. The zero-order chi connectivity index (χ0) is 23.8. The molecule has 3 aromatic carbocycles. The minimum absolute atomic E-state index is 0.0408. The molecule has 3 aromatic rings. The summed E-state index contributed by atoms with van der Waals surface area (Å²) in [7, 11) is 5.46. The highest BCUT2D eigenvalue weighted by Crippen LogP contribution is 2.33. The molecule has 172 valence electrons. The van der Waals surface area contributed by atoms with E-state index in [1.807, 2.05) is 20.2 Å². The van der Waals surface area contributed by atoms with Crippen LogP contribution in [0.15, 0.2) is 72.8 Å². The Hall–Kier alpha value is -3.84. The van der Waals surface area contributed by atoms with Crippen LogP contribution in [-0.4, -0.2) is 56.1 Å². The van der Waals surface area contributed by atoms with Gasteiger partial charge in [-0.05, 0) is 63.5 Å². The lowest BCUT2D eigenvalue weighted by Crippen LogP contribution is -2.28. The third-order valence-corrected chi connectivity index (χ3v) is 5.07. The van der Waals surface area contributed by atoms with Crippen molar-refractivity contribution in [2.75, 3.05) is 39.2 Å². The molecule has 3 rings (SSSR count). The molecular formula is C26H29N3O4. The summed E-state index contributed by atoms with van der Waals surface area (Å²) in [6.07, 6.45) is 0.829. The molecule has 0 radical (unpaired) electrons. The van der Waals surface area contributed by atoms with Crippen LogP contribution in [0.3, 0.4) is 0 Å². The summed E-state index contributed by atoms with van der Waals surface area (Å²) < 4.78 is 5.49. The fourth-order valence-corrected chi connectivity index (χ4v) is 3.42. The molecule has 0 spiro atoms. The molecule has 2 N–H and O–H groups in total. The fraction of sp³-hybridized carbons (Fsp3) is 0.231. The number of phenols is 1. The van der Waals surface area contributed by atoms with Gasteiger partial charge in [0.05, 0.1) is 24.0 Å². The molecule has 0 saturated carbocycles. The van der Waals surface area contributed by atoms with Crippen molar-refractivity contribution in [3.8, 4) is 11.5 Å². The molecule has 33 heavy (non-hydrogen) atoms. The van der Waals surface area contributed by atoms with Gasteiger partial charge in [0.25, 0.3) is 11.8 Å². The summed E-state index contributed by atoms with van der Waals surface area (Å²) in [6.45, 7) is 1.42. The second kappa shape index (κ2) is 11.2. The second-order valence-corrected chi connectivity index (χ2v) is 7.82. The molecule has 0 aliphatic heterocycles. The number of hydrogen-bond acceptors (Lipinski definition) is 5. The van der Waals surface area contributed by atoms with Gasteiger partial charge < -0.3 is 20.1 Å². The molecule has 0 saturated heterocycles. The van der Waals surface area contributed by atoms with Crippen LogP contribution in [0.2, 0.25) is 0 Å². The van der Waals surface area contributed by atoms with E-state index in [4.69, 9.17) is 4.74 Å². The molecule has 7 heteroatoms. The first-order valence-corrected chi connectivity index (χ1v) is 10.7. The molecular weight excluding hydrogens is 418 g/mol. The number of phenolic OH excluding ortho intramolecular Hbond substituents is 1. The smallest absolute Gasteiger partial charge is 0.262 e. The van der Waals surface area contributed by atoms with Gasteiger partial charge in [-0.3, -0.25) is 14.5 Å². The molecule has 0 aliphatic rings. The fourth-order valence-electron chi connectivity index (χ4n) is 3.42. The maximum atomic E-state index is 13.4. The molecule has 0 heterocycles. The number of aromatic hydroxyl groups is 1. The lowest BCUT2D eigenvalue weighted by atomic mass is 10.1. The van der Waals surface area contributed by atoms with E-state index >= 15 is 0 Å². The van der Waals surface area contributed by atoms with Crippen LogP contribution in [0.4, 0.5) is 11.4 Å². The normalized spacial score (nSPS) is 10.7. The summed E-state index contributed by atoms with van der Waals surface area (Å²) in [5.74, 6) is -0.123. The Kier molecular flexibility index (Phi) is 8.05. The number of carbonyl (C=O) groups excluding carboxylic acids is 2. The lowest BCUT2D eigenvalue weighted by Gasteiger charge is -2.24. The zero-order valence-electron chi connectivity index (χ0n) is 19.1. The van der Waals surface area contributed by atoms with Gasteiger partial charge in [0.1, 0.15) is 11.5 Å². The van der Waals surface area contributed by atoms with E-state index in [-0.39, 0.29) is 17.6 Å². The van der Waals surface area contributed by atoms with Crippen LogP contribution < -0.4 is 15.0 Å². The van der Waals surface area contributed by atoms with Gasteiger partial charge in [0.2, 0.25) is 0 Å². The van der Waals surface area contributed by atoms with Crippen LogP contribution in [0.5, 0.6) is 11.5 Å². The highest BCUT2D eigenvalue weighted by molar-refractivity contribution is 6.11. The largest absolute Gasteiger partial charge is 0.508 e. The average molecular weight is 448 g/mol. The van der Waals surface area contributed by atoms with E-state index in [0.717, 1.165) is 13.0 Å². The number of ether oxygens (including phenoxy) is 1. The maximum Gasteiger partial charge on any atom is 0.262 e. The Bertz CT molecular complexity index is 1100. The quantitative estimate of drug-likeness (QED) is 0.484. The molecule has 0 aromatic heterocycles. The third-order valence-electron chi connectivity index (χ3n) is 5.07. The number of nitrogens with zero attached hydrogens (tertiary/aromatic N) is 2. The third kappa shape index (κ3) is 6.11. The average Bonchev–Trinajstić information content (AvgIpc) is 2.82. The predicted octanol–water partition coefficient (Wildman–Crippen LogP) is 4.06. The van der Waals surface area contributed by atoms with Crippen molar-refractivity contribution in [2.45, 2.75) is 6.42 Å². The number of amides is 2. The number of methoxy groups -OCH3 is 1. The van der Waals surface area contributed by atoms with Gasteiger partial charge in [-0.1, -0.05) is 24.3 Å². The van der Waals surface area contributed by atoms with Crippen molar-refractivity contribution in [3.63, 3.8) is 0 Å². The van der Waals surface area contributed by atoms with Crippen molar-refractivity contribution in [1.29, 1.82) is 0 Å². The zero-order valence-corrected chi connectivity index (χ0v) is 19.1. The van der Waals surface area contributed by atoms with Crippen molar-refractivity contribution in [2.24, 2.45) is 0 Å². The van der Waals surface area contributed by atoms with E-state index in [2.05, 4.69) is 10.2 Å². The highest BCUT2D eigenvalue weighted by atomic mass is 16.5. The van der Waals surface area contributed by atoms with E-state index in [9.17, 15) is 14.7 Å². The van der Waals surface area contributed by atoms with Crippen LogP contribution in [0, 0.1) is 0 Å². The van der Waals surface area contributed by atoms with Crippen molar-refractivity contribution in [3.05, 3.63) is 83.9 Å². The van der Waals surface area contributed by atoms with E-state index < -0.39 is 0 Å². The van der Waals surface area contributed by atoms with Gasteiger partial charge in [-0.25, -0.2) is 0 Å². The van der Waals surface area contributed by atoms with Gasteiger partial charge in [0, 0.05) is 24.2 Å². The Labute approximate surface area is 194 Å². The molecule has 2 amide bonds. The van der Waals surface area contributed by atoms with Gasteiger partial charge in [0.15, 0.2) is 0 Å². The molecule has 0 bridgehead atoms. The number of anilines is 2. The predicted molar refractivity (Wildman–Crippen MR) is 130 cm³/mol. The summed E-state index contributed by atoms with van der Waals surface area (Å²) in [5.41, 5.74) is 1.87. The van der Waals surface area contributed by atoms with Crippen molar-refractivity contribution < 1.29 is 19.4 Å². The Morgan fingerprint density at radius 1 is 0.939 bits per heavy atom. The first-order valence-electron chi connectivity index (χ1n) is 10.7. The Morgan fingerprint density at radius 3 is 2.33 bits per heavy atom. The van der Waals surface area contributed by atoms with Gasteiger partial charge >= 0.3 is 0 Å². The molecule has 7 nitrogen and oxygen atoms in total. The van der Waals surface area contributed by atoms with E-state index in [1.165, 1.54) is 18.1 Å². The van der Waals surface area contributed by atoms with Crippen LogP contribution in [0.25, 0.3) is 0 Å². The standard InChI is InChI=1S/C26H29N3O4/c1-28(2)16-8-15-27-25(31)23-14-13-21(18-24(23)33-3)29(20-11-7-12-22(30)17-20)26(32)19-9-5-4-6-10-19/h4-7,9-14,17-18,30H,8,15-16H2,1-3H3,(H,27,31). The topological polar surface area (TPSA) is 82.1 Å². The molecule has 0 atom stereocenters. The molecule has 0 fully saturated rings. The first kappa shape index (κ1) is 23.8. The lowest BCUT2D eigenvalue weighted by molar-refractivity contribution is 0.0948. The second-order valence-electron chi connectivity index (χ2n) is 7.82. The maximum absolute atomic E-state index is 13.4. The van der Waals surface area contributed by atoms with Crippen LogP contribution >= 0.6 is 0 Å². The Morgan fingerprint density at radius 2 is 1.67 bits per heavy atom. The minimum atomic E-state index is -0.274. The van der Waals surface area contributed by atoms with Gasteiger partial charge in [-0.15, -0.1) is 0 Å². The van der Waals surface area contributed by atoms with Crippen molar-refractivity contribution in [1.82, 2.24) is 10.2 Å². The Balaban J connectivity index is 1.94. The number of rotatable bonds is 9. The van der Waals surface area contributed by atoms with Gasteiger partial charge in [-0.2, -0.15) is 0 Å². The number of benzene rings is 3.